The van der Waals surface area contributed by atoms with Crippen LogP contribution in [0.25, 0.3) is 0 Å². The smallest absolute Gasteiger partial charge is 0.136 e. The predicted molar refractivity (Wildman–Crippen MR) is 46.0 cm³/mol. The number of ketones is 1. The Bertz CT molecular complexity index is 170. The highest BCUT2D eigenvalue weighted by atomic mass is 16.5. The molecule has 0 aromatic rings. The molecule has 0 saturated carbocycles. The normalized spacial score (nSPS) is 32.4. The maximum absolute atomic E-state index is 11.2. The van der Waals surface area contributed by atoms with Crippen LogP contribution >= 0.6 is 0 Å². The fourth-order valence-electron chi connectivity index (χ4n) is 1.79. The summed E-state index contributed by atoms with van der Waals surface area (Å²) in [5, 5.41) is 10.9. The second-order valence-electron chi connectivity index (χ2n) is 3.62. The van der Waals surface area contributed by atoms with Gasteiger partial charge in [0.1, 0.15) is 5.78 Å². The van der Waals surface area contributed by atoms with E-state index in [0.29, 0.717) is 12.8 Å². The molecule has 0 radical (unpaired) electrons. The average Bonchev–Trinajstić information content (AvgIpc) is 2.00. The van der Waals surface area contributed by atoms with Gasteiger partial charge in [-0.25, -0.2) is 0 Å². The zero-order valence-electron chi connectivity index (χ0n) is 7.79. The van der Waals surface area contributed by atoms with Crippen molar-refractivity contribution in [2.45, 2.75) is 51.6 Å². The number of hydrogen-bond donors (Lipinski definition) is 1. The highest BCUT2D eigenvalue weighted by Gasteiger charge is 2.30. The molecule has 0 aliphatic carbocycles. The van der Waals surface area contributed by atoms with Crippen LogP contribution in [0, 0.1) is 0 Å². The van der Waals surface area contributed by atoms with Crippen LogP contribution in [-0.4, -0.2) is 28.1 Å². The molecule has 70 valence electrons. The van der Waals surface area contributed by atoms with E-state index >= 15 is 0 Å². The second-order valence-corrected chi connectivity index (χ2v) is 3.62. The summed E-state index contributed by atoms with van der Waals surface area (Å²) >= 11 is 0. The Morgan fingerprint density at radius 1 is 1.58 bits per heavy atom. The van der Waals surface area contributed by atoms with E-state index in [9.17, 15) is 10.0 Å². The van der Waals surface area contributed by atoms with Crippen molar-refractivity contribution in [3.05, 3.63) is 0 Å². The minimum Gasteiger partial charge on any atom is -0.313 e. The molecule has 2 unspecified atom stereocenters. The molecule has 1 N–H and O–H groups in total. The standard InChI is InChI=1S/C9H17NO2/c1-3-4-8-6-9(11)5-7(2)10(8)12/h7-8,12H,3-6H2,1-2H3. The molecular weight excluding hydrogens is 154 g/mol. The summed E-state index contributed by atoms with van der Waals surface area (Å²) < 4.78 is 0. The van der Waals surface area contributed by atoms with Gasteiger partial charge in [-0.15, -0.1) is 0 Å². The number of hydrogen-bond acceptors (Lipinski definition) is 3. The molecule has 0 aromatic carbocycles. The molecule has 0 spiro atoms. The first-order chi connectivity index (χ1) is 5.65. The van der Waals surface area contributed by atoms with Crippen LogP contribution in [0.5, 0.6) is 0 Å². The Morgan fingerprint density at radius 2 is 2.25 bits per heavy atom. The van der Waals surface area contributed by atoms with Crippen molar-refractivity contribution >= 4 is 5.78 Å². The summed E-state index contributed by atoms with van der Waals surface area (Å²) in [5.74, 6) is 0.284. The molecule has 1 saturated heterocycles. The maximum atomic E-state index is 11.2. The zero-order chi connectivity index (χ0) is 9.14. The second kappa shape index (κ2) is 4.01. The first-order valence-corrected chi connectivity index (χ1v) is 4.64. The average molecular weight is 171 g/mol. The van der Waals surface area contributed by atoms with Crippen LogP contribution in [0.3, 0.4) is 0 Å². The van der Waals surface area contributed by atoms with Gasteiger partial charge < -0.3 is 5.21 Å². The third-order valence-corrected chi connectivity index (χ3v) is 2.43. The lowest BCUT2D eigenvalue weighted by Crippen LogP contribution is -2.46. The highest BCUT2D eigenvalue weighted by molar-refractivity contribution is 5.80. The van der Waals surface area contributed by atoms with Gasteiger partial charge in [-0.2, -0.15) is 5.06 Å². The minimum absolute atomic E-state index is 0.00259. The summed E-state index contributed by atoms with van der Waals surface area (Å²) in [5.41, 5.74) is 0. The monoisotopic (exact) mass is 171 g/mol. The van der Waals surface area contributed by atoms with Crippen molar-refractivity contribution in [2.75, 3.05) is 0 Å². The molecule has 1 heterocycles. The van der Waals surface area contributed by atoms with Gasteiger partial charge in [-0.05, 0) is 13.3 Å². The third-order valence-electron chi connectivity index (χ3n) is 2.43. The lowest BCUT2D eigenvalue weighted by Gasteiger charge is -2.34. The van der Waals surface area contributed by atoms with Gasteiger partial charge in [-0.3, -0.25) is 4.79 Å². The molecule has 1 fully saturated rings. The van der Waals surface area contributed by atoms with Crippen LogP contribution in [0.2, 0.25) is 0 Å². The van der Waals surface area contributed by atoms with Gasteiger partial charge in [0.05, 0.1) is 0 Å². The maximum Gasteiger partial charge on any atom is 0.136 e. The van der Waals surface area contributed by atoms with Gasteiger partial charge in [-0.1, -0.05) is 13.3 Å². The lowest BCUT2D eigenvalue weighted by atomic mass is 9.95. The SMILES string of the molecule is CCCC1CC(=O)CC(C)N1O. The van der Waals surface area contributed by atoms with Crippen molar-refractivity contribution in [1.29, 1.82) is 0 Å². The Balaban J connectivity index is 2.53. The zero-order valence-corrected chi connectivity index (χ0v) is 7.79. The number of carbonyl (C=O) groups is 1. The quantitative estimate of drug-likeness (QED) is 0.686. The molecule has 2 atom stereocenters. The van der Waals surface area contributed by atoms with E-state index in [2.05, 4.69) is 6.92 Å². The van der Waals surface area contributed by atoms with Crippen molar-refractivity contribution in [2.24, 2.45) is 0 Å². The van der Waals surface area contributed by atoms with Gasteiger partial charge in [0.15, 0.2) is 0 Å². The number of nitrogens with zero attached hydrogens (tertiary/aromatic N) is 1. The first-order valence-electron chi connectivity index (χ1n) is 4.64. The number of piperidine rings is 1. The van der Waals surface area contributed by atoms with Crippen LogP contribution < -0.4 is 0 Å². The Hall–Kier alpha value is -0.410. The predicted octanol–water partition coefficient (Wildman–Crippen LogP) is 1.60. The molecule has 0 amide bonds. The molecule has 0 bridgehead atoms. The van der Waals surface area contributed by atoms with E-state index in [1.54, 1.807) is 0 Å². The van der Waals surface area contributed by atoms with E-state index in [0.717, 1.165) is 12.8 Å². The van der Waals surface area contributed by atoms with Gasteiger partial charge >= 0.3 is 0 Å². The largest absolute Gasteiger partial charge is 0.313 e. The number of Topliss-reactive ketones (excluding diaryl/α,β-unsaturated/α-hetero) is 1. The van der Waals surface area contributed by atoms with E-state index in [-0.39, 0.29) is 17.9 Å². The highest BCUT2D eigenvalue weighted by Crippen LogP contribution is 2.21. The molecule has 0 aromatic heterocycles. The fourth-order valence-corrected chi connectivity index (χ4v) is 1.79. The lowest BCUT2D eigenvalue weighted by molar-refractivity contribution is -0.178. The van der Waals surface area contributed by atoms with Crippen LogP contribution in [0.4, 0.5) is 0 Å². The van der Waals surface area contributed by atoms with Gasteiger partial charge in [0.25, 0.3) is 0 Å². The van der Waals surface area contributed by atoms with Gasteiger partial charge in [0.2, 0.25) is 0 Å². The summed E-state index contributed by atoms with van der Waals surface area (Å²) in [4.78, 5) is 11.2. The van der Waals surface area contributed by atoms with Crippen LogP contribution in [-0.2, 0) is 4.79 Å². The molecular formula is C9H17NO2. The molecule has 3 heteroatoms. The number of hydroxylamine groups is 2. The van der Waals surface area contributed by atoms with E-state index in [4.69, 9.17) is 0 Å². The molecule has 3 nitrogen and oxygen atoms in total. The van der Waals surface area contributed by atoms with E-state index in [1.807, 2.05) is 6.92 Å². The molecule has 1 aliphatic rings. The minimum atomic E-state index is 0.00259. The topological polar surface area (TPSA) is 40.5 Å². The molecule has 12 heavy (non-hydrogen) atoms. The van der Waals surface area contributed by atoms with Crippen LogP contribution in [0.15, 0.2) is 0 Å². The van der Waals surface area contributed by atoms with Crippen molar-refractivity contribution in [3.63, 3.8) is 0 Å². The Labute approximate surface area is 73.3 Å². The van der Waals surface area contributed by atoms with Gasteiger partial charge in [0, 0.05) is 24.9 Å². The summed E-state index contributed by atoms with van der Waals surface area (Å²) in [6.45, 7) is 3.96. The van der Waals surface area contributed by atoms with Crippen LogP contribution in [0.1, 0.15) is 39.5 Å². The van der Waals surface area contributed by atoms with Crippen molar-refractivity contribution < 1.29 is 10.0 Å². The Kier molecular flexibility index (Phi) is 3.23. The summed E-state index contributed by atoms with van der Waals surface area (Å²) in [7, 11) is 0. The summed E-state index contributed by atoms with van der Waals surface area (Å²) in [6, 6.07) is 0.0639. The number of carbonyl (C=O) groups excluding carboxylic acids is 1. The first kappa shape index (κ1) is 9.68. The van der Waals surface area contributed by atoms with E-state index < -0.39 is 0 Å². The molecule has 1 aliphatic heterocycles. The fraction of sp³-hybridized carbons (Fsp3) is 0.889. The van der Waals surface area contributed by atoms with Crippen molar-refractivity contribution in [1.82, 2.24) is 5.06 Å². The van der Waals surface area contributed by atoms with E-state index in [1.165, 1.54) is 5.06 Å². The Morgan fingerprint density at radius 3 is 2.83 bits per heavy atom. The molecule has 1 rings (SSSR count). The van der Waals surface area contributed by atoms with Crippen molar-refractivity contribution in [3.8, 4) is 0 Å². The number of rotatable bonds is 2. The summed E-state index contributed by atoms with van der Waals surface area (Å²) in [6.07, 6.45) is 2.94. The third kappa shape index (κ3) is 2.05.